The van der Waals surface area contributed by atoms with Crippen molar-refractivity contribution in [1.29, 1.82) is 0 Å². The van der Waals surface area contributed by atoms with Gasteiger partial charge in [0.1, 0.15) is 5.82 Å². The van der Waals surface area contributed by atoms with Crippen LogP contribution in [0.3, 0.4) is 0 Å². The van der Waals surface area contributed by atoms with Crippen molar-refractivity contribution in [3.8, 4) is 0 Å². The molecule has 2 aromatic carbocycles. The van der Waals surface area contributed by atoms with Crippen molar-refractivity contribution in [2.24, 2.45) is 0 Å². The number of benzene rings is 2. The minimum absolute atomic E-state index is 0.221. The lowest BCUT2D eigenvalue weighted by molar-refractivity contribution is 0.107. The average Bonchev–Trinajstić information content (AvgIpc) is 2.32. The van der Waals surface area contributed by atoms with Crippen LogP contribution in [-0.4, -0.2) is 0 Å². The minimum atomic E-state index is -0.221. The van der Waals surface area contributed by atoms with Gasteiger partial charge in [-0.2, -0.15) is 0 Å². The van der Waals surface area contributed by atoms with Crippen molar-refractivity contribution in [3.63, 3.8) is 0 Å². The van der Waals surface area contributed by atoms with Crippen molar-refractivity contribution < 1.29 is 9.13 Å². The smallest absolute Gasteiger partial charge is 0.123 e. The van der Waals surface area contributed by atoms with Gasteiger partial charge in [0.15, 0.2) is 0 Å². The summed E-state index contributed by atoms with van der Waals surface area (Å²) >= 11 is 0. The Bertz CT molecular complexity index is 477. The van der Waals surface area contributed by atoms with Gasteiger partial charge in [-0.05, 0) is 30.2 Å². The summed E-state index contributed by atoms with van der Waals surface area (Å²) in [5, 5.41) is 0. The molecule has 17 heavy (non-hydrogen) atoms. The topological polar surface area (TPSA) is 9.23 Å². The molecular formula is C15H15FO. The standard InChI is InChI=1S/C15H15FO/c1-12-5-7-13(8-6-12)10-17-11-14-3-2-4-15(16)9-14/h2-9H,10-11H2,1H3. The second-order valence-electron chi connectivity index (χ2n) is 4.11. The van der Waals surface area contributed by atoms with Gasteiger partial charge in [-0.15, -0.1) is 0 Å². The lowest BCUT2D eigenvalue weighted by atomic mass is 10.2. The van der Waals surface area contributed by atoms with E-state index in [0.29, 0.717) is 13.2 Å². The largest absolute Gasteiger partial charge is 0.372 e. The highest BCUT2D eigenvalue weighted by atomic mass is 19.1. The fourth-order valence-corrected chi connectivity index (χ4v) is 1.60. The summed E-state index contributed by atoms with van der Waals surface area (Å²) in [5.74, 6) is -0.221. The molecule has 0 aromatic heterocycles. The summed E-state index contributed by atoms with van der Waals surface area (Å²) in [5.41, 5.74) is 3.22. The maximum absolute atomic E-state index is 12.9. The fourth-order valence-electron chi connectivity index (χ4n) is 1.60. The zero-order valence-corrected chi connectivity index (χ0v) is 9.82. The highest BCUT2D eigenvalue weighted by molar-refractivity contribution is 5.20. The van der Waals surface area contributed by atoms with Crippen LogP contribution < -0.4 is 0 Å². The Kier molecular flexibility index (Phi) is 3.89. The molecule has 0 N–H and O–H groups in total. The van der Waals surface area contributed by atoms with Crippen molar-refractivity contribution >= 4 is 0 Å². The van der Waals surface area contributed by atoms with Crippen LogP contribution >= 0.6 is 0 Å². The molecule has 0 bridgehead atoms. The molecule has 0 atom stereocenters. The molecule has 0 spiro atoms. The summed E-state index contributed by atoms with van der Waals surface area (Å²) < 4.78 is 18.4. The zero-order valence-electron chi connectivity index (χ0n) is 9.82. The van der Waals surface area contributed by atoms with Crippen LogP contribution in [0.1, 0.15) is 16.7 Å². The number of ether oxygens (including phenoxy) is 1. The Morgan fingerprint density at radius 3 is 2.35 bits per heavy atom. The van der Waals surface area contributed by atoms with E-state index in [4.69, 9.17) is 4.74 Å². The number of hydrogen-bond donors (Lipinski definition) is 0. The molecule has 0 unspecified atom stereocenters. The van der Waals surface area contributed by atoms with Crippen LogP contribution in [0.5, 0.6) is 0 Å². The van der Waals surface area contributed by atoms with Crippen LogP contribution in [0.25, 0.3) is 0 Å². The Balaban J connectivity index is 1.85. The predicted molar refractivity (Wildman–Crippen MR) is 66.1 cm³/mol. The van der Waals surface area contributed by atoms with Crippen LogP contribution in [0, 0.1) is 12.7 Å². The quantitative estimate of drug-likeness (QED) is 0.775. The lowest BCUT2D eigenvalue weighted by Gasteiger charge is -2.05. The van der Waals surface area contributed by atoms with Crippen molar-refractivity contribution in [1.82, 2.24) is 0 Å². The normalized spacial score (nSPS) is 10.5. The molecule has 0 radical (unpaired) electrons. The van der Waals surface area contributed by atoms with E-state index >= 15 is 0 Å². The third-order valence-corrected chi connectivity index (χ3v) is 2.55. The first-order valence-electron chi connectivity index (χ1n) is 5.62. The Hall–Kier alpha value is -1.67. The molecule has 0 heterocycles. The Morgan fingerprint density at radius 1 is 0.941 bits per heavy atom. The van der Waals surface area contributed by atoms with Crippen LogP contribution in [0.2, 0.25) is 0 Å². The second-order valence-corrected chi connectivity index (χ2v) is 4.11. The van der Waals surface area contributed by atoms with E-state index in [-0.39, 0.29) is 5.82 Å². The average molecular weight is 230 g/mol. The molecule has 0 saturated carbocycles. The van der Waals surface area contributed by atoms with E-state index in [0.717, 1.165) is 11.1 Å². The molecule has 88 valence electrons. The van der Waals surface area contributed by atoms with E-state index in [2.05, 4.69) is 19.1 Å². The van der Waals surface area contributed by atoms with Crippen molar-refractivity contribution in [2.75, 3.05) is 0 Å². The van der Waals surface area contributed by atoms with Crippen LogP contribution in [0.15, 0.2) is 48.5 Å². The first kappa shape index (κ1) is 11.8. The molecule has 2 aromatic rings. The first-order chi connectivity index (χ1) is 8.24. The molecule has 2 rings (SSSR count). The fraction of sp³-hybridized carbons (Fsp3) is 0.200. The van der Waals surface area contributed by atoms with E-state index in [1.54, 1.807) is 6.07 Å². The predicted octanol–water partition coefficient (Wildman–Crippen LogP) is 3.85. The maximum atomic E-state index is 12.9. The minimum Gasteiger partial charge on any atom is -0.372 e. The molecule has 0 aliphatic heterocycles. The van der Waals surface area contributed by atoms with Gasteiger partial charge in [-0.3, -0.25) is 0 Å². The molecule has 2 heteroatoms. The SMILES string of the molecule is Cc1ccc(COCc2cccc(F)c2)cc1. The van der Waals surface area contributed by atoms with Gasteiger partial charge in [-0.1, -0.05) is 42.0 Å². The van der Waals surface area contributed by atoms with Gasteiger partial charge in [0.25, 0.3) is 0 Å². The second kappa shape index (κ2) is 5.60. The maximum Gasteiger partial charge on any atom is 0.123 e. The molecule has 0 fully saturated rings. The molecule has 0 saturated heterocycles. The van der Waals surface area contributed by atoms with E-state index in [9.17, 15) is 4.39 Å². The third kappa shape index (κ3) is 3.68. The monoisotopic (exact) mass is 230 g/mol. The summed E-state index contributed by atoms with van der Waals surface area (Å²) in [6.07, 6.45) is 0. The molecule has 0 amide bonds. The lowest BCUT2D eigenvalue weighted by Crippen LogP contribution is -1.94. The van der Waals surface area contributed by atoms with Gasteiger partial charge in [0.2, 0.25) is 0 Å². The number of halogens is 1. The zero-order chi connectivity index (χ0) is 12.1. The first-order valence-corrected chi connectivity index (χ1v) is 5.62. The summed E-state index contributed by atoms with van der Waals surface area (Å²) in [7, 11) is 0. The van der Waals surface area contributed by atoms with E-state index in [1.165, 1.54) is 17.7 Å². The summed E-state index contributed by atoms with van der Waals surface area (Å²) in [4.78, 5) is 0. The number of hydrogen-bond acceptors (Lipinski definition) is 1. The Labute approximate surface area is 101 Å². The van der Waals surface area contributed by atoms with Gasteiger partial charge >= 0.3 is 0 Å². The van der Waals surface area contributed by atoms with E-state index in [1.807, 2.05) is 18.2 Å². The van der Waals surface area contributed by atoms with Crippen molar-refractivity contribution in [2.45, 2.75) is 20.1 Å². The van der Waals surface area contributed by atoms with Gasteiger partial charge < -0.3 is 4.74 Å². The number of aryl methyl sites for hydroxylation is 1. The molecular weight excluding hydrogens is 215 g/mol. The van der Waals surface area contributed by atoms with E-state index < -0.39 is 0 Å². The highest BCUT2D eigenvalue weighted by Crippen LogP contribution is 2.08. The van der Waals surface area contributed by atoms with Gasteiger partial charge in [0.05, 0.1) is 13.2 Å². The third-order valence-electron chi connectivity index (χ3n) is 2.55. The highest BCUT2D eigenvalue weighted by Gasteiger charge is 1.97. The molecule has 1 nitrogen and oxygen atoms in total. The molecule has 0 aliphatic carbocycles. The summed E-state index contributed by atoms with van der Waals surface area (Å²) in [6.45, 7) is 3.04. The number of rotatable bonds is 4. The van der Waals surface area contributed by atoms with Crippen molar-refractivity contribution in [3.05, 3.63) is 71.0 Å². The van der Waals surface area contributed by atoms with Crippen LogP contribution in [0.4, 0.5) is 4.39 Å². The van der Waals surface area contributed by atoms with Crippen LogP contribution in [-0.2, 0) is 18.0 Å². The van der Waals surface area contributed by atoms with Gasteiger partial charge in [0, 0.05) is 0 Å². The Morgan fingerprint density at radius 2 is 1.65 bits per heavy atom. The van der Waals surface area contributed by atoms with Gasteiger partial charge in [-0.25, -0.2) is 4.39 Å². The molecule has 0 aliphatic rings. The summed E-state index contributed by atoms with van der Waals surface area (Å²) in [6, 6.07) is 14.7.